The zero-order chi connectivity index (χ0) is 16.8. The van der Waals surface area contributed by atoms with Crippen molar-refractivity contribution in [1.29, 1.82) is 5.26 Å². The molecule has 1 N–H and O–H groups in total. The number of hydrogen-bond donors (Lipinski definition) is 1. The summed E-state index contributed by atoms with van der Waals surface area (Å²) >= 11 is 0. The Kier molecular flexibility index (Phi) is 5.09. The minimum Gasteiger partial charge on any atom is -0.322 e. The minimum absolute atomic E-state index is 0.142. The molecule has 5 heteroatoms. The van der Waals surface area contributed by atoms with Crippen LogP contribution in [0, 0.1) is 11.3 Å². The van der Waals surface area contributed by atoms with Crippen LogP contribution in [0.4, 0.5) is 10.5 Å². The summed E-state index contributed by atoms with van der Waals surface area (Å²) < 4.78 is 0. The molecule has 0 atom stereocenters. The van der Waals surface area contributed by atoms with Gasteiger partial charge in [-0.25, -0.2) is 4.79 Å². The van der Waals surface area contributed by atoms with E-state index in [9.17, 15) is 4.79 Å². The summed E-state index contributed by atoms with van der Waals surface area (Å²) in [5.74, 6) is 0. The Balaban J connectivity index is 1.53. The first-order valence-corrected chi connectivity index (χ1v) is 8.07. The molecule has 0 aliphatic carbocycles. The number of amides is 2. The Hall–Kier alpha value is -2.84. The van der Waals surface area contributed by atoms with E-state index in [1.54, 1.807) is 23.1 Å². The molecule has 2 aromatic rings. The van der Waals surface area contributed by atoms with Crippen molar-refractivity contribution < 1.29 is 4.79 Å². The van der Waals surface area contributed by atoms with Gasteiger partial charge in [0.1, 0.15) is 6.07 Å². The molecule has 0 aromatic heterocycles. The number of para-hydroxylation sites is 1. The molecule has 3 rings (SSSR count). The molecule has 1 saturated heterocycles. The zero-order valence-corrected chi connectivity index (χ0v) is 13.5. The van der Waals surface area contributed by atoms with Gasteiger partial charge in [0.05, 0.1) is 11.3 Å². The van der Waals surface area contributed by atoms with Crippen molar-refractivity contribution in [1.82, 2.24) is 9.80 Å². The fourth-order valence-corrected chi connectivity index (χ4v) is 2.83. The first-order valence-electron chi connectivity index (χ1n) is 8.07. The first kappa shape index (κ1) is 16.0. The van der Waals surface area contributed by atoms with Gasteiger partial charge in [-0.05, 0) is 17.7 Å². The van der Waals surface area contributed by atoms with Crippen LogP contribution in [-0.2, 0) is 6.54 Å². The van der Waals surface area contributed by atoms with Gasteiger partial charge in [0, 0.05) is 32.7 Å². The molecule has 5 nitrogen and oxygen atoms in total. The number of rotatable bonds is 3. The van der Waals surface area contributed by atoms with Crippen LogP contribution in [0.15, 0.2) is 54.6 Å². The second-order valence-corrected chi connectivity index (χ2v) is 5.84. The van der Waals surface area contributed by atoms with Crippen LogP contribution < -0.4 is 5.32 Å². The first-order chi connectivity index (χ1) is 11.8. The summed E-state index contributed by atoms with van der Waals surface area (Å²) in [6.45, 7) is 3.98. The van der Waals surface area contributed by atoms with E-state index in [4.69, 9.17) is 5.26 Å². The lowest BCUT2D eigenvalue weighted by molar-refractivity contribution is 0.143. The number of carbonyl (C=O) groups excluding carboxylic acids is 1. The molecule has 24 heavy (non-hydrogen) atoms. The van der Waals surface area contributed by atoms with Gasteiger partial charge in [-0.15, -0.1) is 0 Å². The minimum atomic E-state index is -0.142. The Morgan fingerprint density at radius 1 is 1.00 bits per heavy atom. The topological polar surface area (TPSA) is 59.4 Å². The zero-order valence-electron chi connectivity index (χ0n) is 13.5. The fourth-order valence-electron chi connectivity index (χ4n) is 2.83. The van der Waals surface area contributed by atoms with Crippen LogP contribution in [0.3, 0.4) is 0 Å². The van der Waals surface area contributed by atoms with Gasteiger partial charge in [0.2, 0.25) is 0 Å². The summed E-state index contributed by atoms with van der Waals surface area (Å²) in [7, 11) is 0. The predicted molar refractivity (Wildman–Crippen MR) is 93.5 cm³/mol. The van der Waals surface area contributed by atoms with Crippen LogP contribution >= 0.6 is 0 Å². The smallest absolute Gasteiger partial charge is 0.321 e. The molecule has 0 unspecified atom stereocenters. The number of nitrogens with zero attached hydrogens (tertiary/aromatic N) is 3. The normalized spacial score (nSPS) is 14.9. The second kappa shape index (κ2) is 7.62. The third-order valence-corrected chi connectivity index (χ3v) is 4.20. The van der Waals surface area contributed by atoms with E-state index in [1.807, 2.05) is 24.3 Å². The quantitative estimate of drug-likeness (QED) is 0.946. The highest BCUT2D eigenvalue weighted by Gasteiger charge is 2.21. The molecule has 1 fully saturated rings. The monoisotopic (exact) mass is 320 g/mol. The van der Waals surface area contributed by atoms with E-state index in [1.165, 1.54) is 5.56 Å². The third-order valence-electron chi connectivity index (χ3n) is 4.20. The maximum atomic E-state index is 12.4. The van der Waals surface area contributed by atoms with Crippen molar-refractivity contribution in [2.75, 3.05) is 31.5 Å². The summed E-state index contributed by atoms with van der Waals surface area (Å²) in [6.07, 6.45) is 0. The lowest BCUT2D eigenvalue weighted by Crippen LogP contribution is -2.49. The Bertz CT molecular complexity index is 731. The number of urea groups is 1. The van der Waals surface area contributed by atoms with Crippen LogP contribution in [0.5, 0.6) is 0 Å². The molecule has 1 aliphatic rings. The maximum absolute atomic E-state index is 12.4. The number of piperazine rings is 1. The highest BCUT2D eigenvalue weighted by Crippen LogP contribution is 2.15. The molecule has 0 radical (unpaired) electrons. The largest absolute Gasteiger partial charge is 0.322 e. The molecule has 1 heterocycles. The van der Waals surface area contributed by atoms with Crippen molar-refractivity contribution in [3.05, 3.63) is 65.7 Å². The predicted octanol–water partition coefficient (Wildman–Crippen LogP) is 2.91. The average Bonchev–Trinajstić information content (AvgIpc) is 2.63. The molecule has 122 valence electrons. The highest BCUT2D eigenvalue weighted by atomic mass is 16.2. The molecular formula is C19H20N4O. The van der Waals surface area contributed by atoms with E-state index in [2.05, 4.69) is 28.4 Å². The fraction of sp³-hybridized carbons (Fsp3) is 0.263. The number of anilines is 1. The number of hydrogen-bond acceptors (Lipinski definition) is 3. The van der Waals surface area contributed by atoms with Crippen LogP contribution in [-0.4, -0.2) is 42.0 Å². The van der Waals surface area contributed by atoms with E-state index in [0.717, 1.165) is 19.6 Å². The highest BCUT2D eigenvalue weighted by molar-refractivity contribution is 5.90. The lowest BCUT2D eigenvalue weighted by Gasteiger charge is -2.34. The summed E-state index contributed by atoms with van der Waals surface area (Å²) in [5, 5.41) is 11.9. The average molecular weight is 320 g/mol. The molecule has 0 spiro atoms. The van der Waals surface area contributed by atoms with Crippen LogP contribution in [0.2, 0.25) is 0 Å². The van der Waals surface area contributed by atoms with Crippen LogP contribution in [0.25, 0.3) is 0 Å². The second-order valence-electron chi connectivity index (χ2n) is 5.84. The van der Waals surface area contributed by atoms with E-state index in [0.29, 0.717) is 24.3 Å². The van der Waals surface area contributed by atoms with Gasteiger partial charge in [-0.3, -0.25) is 4.90 Å². The van der Waals surface area contributed by atoms with Gasteiger partial charge in [-0.2, -0.15) is 5.26 Å². The van der Waals surface area contributed by atoms with Crippen molar-refractivity contribution >= 4 is 11.7 Å². The Morgan fingerprint density at radius 3 is 2.38 bits per heavy atom. The van der Waals surface area contributed by atoms with Crippen molar-refractivity contribution in [3.63, 3.8) is 0 Å². The van der Waals surface area contributed by atoms with Crippen molar-refractivity contribution in [3.8, 4) is 6.07 Å². The SMILES string of the molecule is N#Cc1ccccc1NC(=O)N1CCN(Cc2ccccc2)CC1. The van der Waals surface area contributed by atoms with Gasteiger partial charge < -0.3 is 10.2 Å². The number of carbonyl (C=O) groups is 1. The summed E-state index contributed by atoms with van der Waals surface area (Å²) in [6, 6.07) is 19.4. The third kappa shape index (κ3) is 3.92. The number of nitriles is 1. The number of benzene rings is 2. The number of nitrogens with one attached hydrogen (secondary N) is 1. The maximum Gasteiger partial charge on any atom is 0.321 e. The van der Waals surface area contributed by atoms with E-state index < -0.39 is 0 Å². The van der Waals surface area contributed by atoms with Crippen molar-refractivity contribution in [2.45, 2.75) is 6.54 Å². The summed E-state index contributed by atoms with van der Waals surface area (Å²) in [5.41, 5.74) is 2.34. The molecule has 2 aromatic carbocycles. The molecule has 1 aliphatic heterocycles. The van der Waals surface area contributed by atoms with Gasteiger partial charge >= 0.3 is 6.03 Å². The Labute approximate surface area is 142 Å². The van der Waals surface area contributed by atoms with Crippen LogP contribution in [0.1, 0.15) is 11.1 Å². The standard InChI is InChI=1S/C19H20N4O/c20-14-17-8-4-5-9-18(17)21-19(24)23-12-10-22(11-13-23)15-16-6-2-1-3-7-16/h1-9H,10-13,15H2,(H,21,24). The van der Waals surface area contributed by atoms with Gasteiger partial charge in [-0.1, -0.05) is 42.5 Å². The molecule has 0 saturated carbocycles. The van der Waals surface area contributed by atoms with Gasteiger partial charge in [0.25, 0.3) is 0 Å². The van der Waals surface area contributed by atoms with E-state index in [-0.39, 0.29) is 6.03 Å². The van der Waals surface area contributed by atoms with E-state index >= 15 is 0 Å². The lowest BCUT2D eigenvalue weighted by atomic mass is 10.2. The molecule has 0 bridgehead atoms. The Morgan fingerprint density at radius 2 is 1.67 bits per heavy atom. The summed E-state index contributed by atoms with van der Waals surface area (Å²) in [4.78, 5) is 16.5. The molecule has 2 amide bonds. The van der Waals surface area contributed by atoms with Crippen molar-refractivity contribution in [2.24, 2.45) is 0 Å². The van der Waals surface area contributed by atoms with Gasteiger partial charge in [0.15, 0.2) is 0 Å². The molecular weight excluding hydrogens is 300 g/mol.